The molecule has 11 aliphatic rings. The van der Waals surface area contributed by atoms with Gasteiger partial charge in [0.15, 0.2) is 0 Å². The second kappa shape index (κ2) is 44.8. The molecule has 0 aromatic heterocycles. The maximum absolute atomic E-state index is 10.7. The van der Waals surface area contributed by atoms with Crippen LogP contribution in [0.2, 0.25) is 0 Å². The van der Waals surface area contributed by atoms with Crippen molar-refractivity contribution in [1.29, 1.82) is 0 Å². The Morgan fingerprint density at radius 1 is 0.438 bits per heavy atom. The summed E-state index contributed by atoms with van der Waals surface area (Å²) in [5, 5.41) is 3.28. The number of rotatable bonds is 0. The first kappa shape index (κ1) is 69.1. The van der Waals surface area contributed by atoms with Gasteiger partial charge in [-0.15, -0.1) is 0 Å². The smallest absolute Gasteiger partial charge is 0.150 e. The average molecular weight is 1080 g/mol. The molecule has 436 valence electrons. The van der Waals surface area contributed by atoms with Crippen LogP contribution in [0, 0.1) is 29.1 Å². The molecule has 10 nitrogen and oxygen atoms in total. The van der Waals surface area contributed by atoms with Crippen LogP contribution in [0.15, 0.2) is 0 Å². The molecule has 0 aromatic rings. The highest BCUT2D eigenvalue weighted by atomic mass is 32.2. The predicted octanol–water partition coefficient (Wildman–Crippen LogP) is 14.9. The third-order valence-corrected chi connectivity index (χ3v) is 18.2. The van der Waals surface area contributed by atoms with Crippen LogP contribution in [0.5, 0.6) is 0 Å². The summed E-state index contributed by atoms with van der Waals surface area (Å²) in [5.74, 6) is 6.89. The van der Waals surface area contributed by atoms with Crippen LogP contribution in [-0.4, -0.2) is 135 Å². The summed E-state index contributed by atoms with van der Waals surface area (Å²) in [7, 11) is -2.58. The lowest BCUT2D eigenvalue weighted by Crippen LogP contribution is -2.43. The van der Waals surface area contributed by atoms with Gasteiger partial charge in [0.25, 0.3) is 0 Å². The van der Waals surface area contributed by atoms with Gasteiger partial charge in [0.05, 0.1) is 42.5 Å². The molecular formula is C61H121NO9S2. The molecule has 0 aromatic carbocycles. The van der Waals surface area contributed by atoms with Gasteiger partial charge in [-0.3, -0.25) is 0 Å². The van der Waals surface area contributed by atoms with Gasteiger partial charge in [-0.2, -0.15) is 11.8 Å². The highest BCUT2D eigenvalue weighted by Gasteiger charge is 2.39. The largest absolute Gasteiger partial charge is 0.381 e. The molecule has 1 aliphatic carbocycles. The van der Waals surface area contributed by atoms with Crippen molar-refractivity contribution in [3.8, 4) is 0 Å². The van der Waals surface area contributed by atoms with E-state index >= 15 is 0 Å². The first-order chi connectivity index (χ1) is 35.2. The molecule has 11 fully saturated rings. The molecule has 2 unspecified atom stereocenters. The minimum atomic E-state index is -2.58. The molecule has 12 heteroatoms. The molecule has 0 bridgehead atoms. The van der Waals surface area contributed by atoms with E-state index in [0.29, 0.717) is 29.1 Å². The second-order valence-corrected chi connectivity index (χ2v) is 27.8. The molecule has 1 saturated carbocycles. The van der Waals surface area contributed by atoms with Gasteiger partial charge >= 0.3 is 0 Å². The minimum absolute atomic E-state index is 0.179. The first-order valence-corrected chi connectivity index (χ1v) is 33.8. The lowest BCUT2D eigenvalue weighted by atomic mass is 9.73. The summed E-state index contributed by atoms with van der Waals surface area (Å²) >= 11 is 2.09. The Morgan fingerprint density at radius 2 is 0.904 bits per heavy atom. The van der Waals surface area contributed by atoms with Crippen molar-refractivity contribution in [3.63, 3.8) is 0 Å². The van der Waals surface area contributed by atoms with Crippen molar-refractivity contribution in [2.45, 2.75) is 253 Å². The fourth-order valence-corrected chi connectivity index (χ4v) is 13.0. The summed E-state index contributed by atoms with van der Waals surface area (Å²) in [6.45, 7) is 31.1. The van der Waals surface area contributed by atoms with Crippen LogP contribution in [0.4, 0.5) is 0 Å². The number of nitrogens with one attached hydrogen (secondary N) is 1. The minimum Gasteiger partial charge on any atom is -0.381 e. The van der Waals surface area contributed by atoms with Crippen molar-refractivity contribution in [2.75, 3.05) is 109 Å². The topological polar surface area (TPSA) is 111 Å². The highest BCUT2D eigenvalue weighted by molar-refractivity contribution is 7.99. The summed E-state index contributed by atoms with van der Waals surface area (Å²) in [6.07, 6.45) is 37.9. The Morgan fingerprint density at radius 3 is 1.12 bits per heavy atom. The molecule has 10 aliphatic heterocycles. The molecule has 10 saturated heterocycles. The number of piperidine rings is 1. The molecule has 6 atom stereocenters. The number of ether oxygens (including phenoxy) is 7. The van der Waals surface area contributed by atoms with E-state index < -0.39 is 9.84 Å². The van der Waals surface area contributed by atoms with Crippen LogP contribution in [-0.2, 0) is 43.0 Å². The SMILES string of the molecule is C1CCC2(CC1)COC2.C1CCNCC1.C1CCOCC1.C1CCSCC1.CC1(C)CCCCO1.CC1COCC(C)C1.C[C@@H]1CCCOC1.C[C@@H]1CCC[C@H](C)O1.C[C@H]1CCCOC1.O=S1(=O)CCCCC1. The van der Waals surface area contributed by atoms with E-state index in [9.17, 15) is 8.42 Å². The Labute approximate surface area is 457 Å². The zero-order valence-electron chi connectivity index (χ0n) is 49.3. The van der Waals surface area contributed by atoms with Gasteiger partial charge in [0.1, 0.15) is 9.84 Å². The van der Waals surface area contributed by atoms with Crippen LogP contribution >= 0.6 is 11.8 Å². The van der Waals surface area contributed by atoms with E-state index in [1.54, 1.807) is 0 Å². The Hall–Kier alpha value is -0.0200. The molecule has 0 amide bonds. The molecule has 1 spiro atoms. The summed E-state index contributed by atoms with van der Waals surface area (Å²) in [6, 6.07) is 0. The van der Waals surface area contributed by atoms with E-state index in [4.69, 9.17) is 33.2 Å². The predicted molar refractivity (Wildman–Crippen MR) is 311 cm³/mol. The van der Waals surface area contributed by atoms with E-state index in [2.05, 4.69) is 72.5 Å². The molecule has 73 heavy (non-hydrogen) atoms. The van der Waals surface area contributed by atoms with Crippen LogP contribution < -0.4 is 5.32 Å². The van der Waals surface area contributed by atoms with Gasteiger partial charge in [-0.25, -0.2) is 8.42 Å². The third kappa shape index (κ3) is 41.7. The number of thioether (sulfide) groups is 1. The van der Waals surface area contributed by atoms with E-state index in [1.165, 1.54) is 185 Å². The molecular weight excluding hydrogens is 955 g/mol. The number of hydrogen-bond acceptors (Lipinski definition) is 11. The van der Waals surface area contributed by atoms with Gasteiger partial charge in [0.2, 0.25) is 0 Å². The second-order valence-electron chi connectivity index (χ2n) is 24.3. The van der Waals surface area contributed by atoms with Gasteiger partial charge in [-0.05, 0) is 217 Å². The van der Waals surface area contributed by atoms with Crippen LogP contribution in [0.3, 0.4) is 0 Å². The number of sulfone groups is 1. The van der Waals surface area contributed by atoms with Gasteiger partial charge in [-0.1, -0.05) is 66.2 Å². The first-order valence-electron chi connectivity index (χ1n) is 30.9. The van der Waals surface area contributed by atoms with E-state index in [1.807, 2.05) is 0 Å². The third-order valence-electron chi connectivity index (χ3n) is 15.2. The average Bonchev–Trinajstić information content (AvgIpc) is 3.40. The van der Waals surface area contributed by atoms with Crippen LogP contribution in [0.25, 0.3) is 0 Å². The zero-order valence-corrected chi connectivity index (χ0v) is 50.9. The highest BCUT2D eigenvalue weighted by Crippen LogP contribution is 2.42. The van der Waals surface area contributed by atoms with Crippen molar-refractivity contribution < 1.29 is 41.6 Å². The van der Waals surface area contributed by atoms with E-state index in [-0.39, 0.29) is 5.60 Å². The monoisotopic (exact) mass is 1080 g/mol. The fourth-order valence-electron chi connectivity index (χ4n) is 10.5. The van der Waals surface area contributed by atoms with Crippen LogP contribution in [0.1, 0.15) is 235 Å². The van der Waals surface area contributed by atoms with Gasteiger partial charge < -0.3 is 38.5 Å². The Kier molecular flexibility index (Phi) is 42.4. The lowest BCUT2D eigenvalue weighted by molar-refractivity contribution is -0.130. The zero-order chi connectivity index (χ0) is 53.1. The summed E-state index contributed by atoms with van der Waals surface area (Å²) < 4.78 is 58.2. The molecule has 11 rings (SSSR count). The summed E-state index contributed by atoms with van der Waals surface area (Å²) in [4.78, 5) is 0. The van der Waals surface area contributed by atoms with Crippen molar-refractivity contribution in [1.82, 2.24) is 5.32 Å². The molecule has 10 heterocycles. The fraction of sp³-hybridized carbons (Fsp3) is 1.00. The molecule has 1 N–H and O–H groups in total. The Bertz CT molecular complexity index is 1170. The van der Waals surface area contributed by atoms with Crippen molar-refractivity contribution >= 4 is 21.6 Å². The lowest BCUT2D eigenvalue weighted by Gasteiger charge is -2.44. The normalized spacial score (nSPS) is 31.0. The number of hydrogen-bond donors (Lipinski definition) is 1. The van der Waals surface area contributed by atoms with Crippen molar-refractivity contribution in [3.05, 3.63) is 0 Å². The maximum Gasteiger partial charge on any atom is 0.150 e. The maximum atomic E-state index is 10.7. The quantitative estimate of drug-likeness (QED) is 0.250. The van der Waals surface area contributed by atoms with Gasteiger partial charge in [0, 0.05) is 64.9 Å². The van der Waals surface area contributed by atoms with E-state index in [0.717, 1.165) is 116 Å². The molecule has 0 radical (unpaired) electrons. The standard InChI is InChI=1S/C8H14O.3C7H14O.2C6H12O.C5H11N.C5H10O2S.C5H10O.C5H10S/c1-2-4-8(5-3-1)6-9-7-8;1-6-3-7(2)5-8-4-6;1-7(2)5-3-4-6-8-7;1-6-4-3-5-7(2)8-6;2*1-6-3-2-4-7-5-6;1-2-4-6-5-3-1;6-8(7)4-2-1-3-5-8;2*1-2-4-6-5-3-1/h1-7H2;6-7H,3-5H2,1-2H3;3-6H2,1-2H3;6-7H,3-5H2,1-2H3;2*6H,2-5H2,1H3;6H,1-5H2;1-5H2;2*1-5H2/t;;;6-,7+;2*6-;;;;/m....10..../s1. The Balaban J connectivity index is 0.000000279. The van der Waals surface area contributed by atoms with Crippen molar-refractivity contribution in [2.24, 2.45) is 29.1 Å². The summed E-state index contributed by atoms with van der Waals surface area (Å²) in [5.41, 5.74) is 0.858.